The number of hydrogen-bond acceptors (Lipinski definition) is 16. The number of primary amides is 1. The molecule has 0 bridgehead atoms. The number of carbonyl (C=O) groups excluding carboxylic acids is 8. The van der Waals surface area contributed by atoms with E-state index in [1.807, 2.05) is 0 Å². The van der Waals surface area contributed by atoms with Crippen LogP contribution < -0.4 is 31.7 Å². The van der Waals surface area contributed by atoms with E-state index in [0.29, 0.717) is 0 Å². The fourth-order valence-electron chi connectivity index (χ4n) is 5.40. The molecule has 7 N–H and O–H groups in total. The highest BCUT2D eigenvalue weighted by Gasteiger charge is 2.56. The molecule has 1 saturated heterocycles. The maximum Gasteiger partial charge on any atom is 0.408 e. The van der Waals surface area contributed by atoms with Crippen LogP contribution in [0.4, 0.5) is 15.3 Å². The Morgan fingerprint density at radius 3 is 2.00 bits per heavy atom. The van der Waals surface area contributed by atoms with Crippen molar-refractivity contribution < 1.29 is 76.6 Å². The molecule has 7 atom stereocenters. The third-order valence-electron chi connectivity index (χ3n) is 7.79. The molecule has 0 spiro atoms. The lowest BCUT2D eigenvalue weighted by Gasteiger charge is -2.43. The third-order valence-corrected chi connectivity index (χ3v) is 7.79. The maximum absolute atomic E-state index is 14.0. The first-order valence-electron chi connectivity index (χ1n) is 17.9. The monoisotopic (exact) mass is 811 g/mol. The fourth-order valence-corrected chi connectivity index (χ4v) is 5.40. The van der Waals surface area contributed by atoms with E-state index in [1.165, 1.54) is 18.2 Å². The lowest BCUT2D eigenvalue weighted by atomic mass is 9.97. The highest BCUT2D eigenvalue weighted by Crippen LogP contribution is 2.34. The maximum atomic E-state index is 14.0. The number of urea groups is 1. The predicted octanol–water partition coefficient (Wildman–Crippen LogP) is 0.672. The average Bonchev–Trinajstić information content (AvgIpc) is 3.09. The van der Waals surface area contributed by atoms with Gasteiger partial charge in [-0.25, -0.2) is 14.4 Å². The number of amides is 5. The van der Waals surface area contributed by atoms with Crippen molar-refractivity contribution in [3.8, 4) is 5.75 Å². The van der Waals surface area contributed by atoms with E-state index in [0.717, 1.165) is 27.9 Å². The Morgan fingerprint density at radius 1 is 0.877 bits per heavy atom. The number of aliphatic hydroxyl groups excluding tert-OH is 1. The third kappa shape index (κ3) is 15.4. The van der Waals surface area contributed by atoms with Crippen molar-refractivity contribution in [2.75, 3.05) is 19.0 Å². The summed E-state index contributed by atoms with van der Waals surface area (Å²) < 4.78 is 38.1. The van der Waals surface area contributed by atoms with Crippen LogP contribution in [-0.2, 0) is 63.8 Å². The second-order valence-corrected chi connectivity index (χ2v) is 14.1. The number of benzene rings is 1. The number of esters is 4. The zero-order valence-corrected chi connectivity index (χ0v) is 33.3. The Labute approximate surface area is 329 Å². The van der Waals surface area contributed by atoms with Crippen LogP contribution in [0.3, 0.4) is 0 Å². The molecule has 1 aromatic carbocycles. The van der Waals surface area contributed by atoms with Crippen molar-refractivity contribution in [1.82, 2.24) is 16.0 Å². The highest BCUT2D eigenvalue weighted by molar-refractivity contribution is 5.99. The van der Waals surface area contributed by atoms with Crippen LogP contribution in [0.5, 0.6) is 5.75 Å². The molecule has 21 nitrogen and oxygen atoms in total. The zero-order chi connectivity index (χ0) is 43.2. The minimum Gasteiger partial charge on any atom is -0.467 e. The van der Waals surface area contributed by atoms with Crippen LogP contribution in [0.1, 0.15) is 73.8 Å². The molecule has 0 unspecified atom stereocenters. The lowest BCUT2D eigenvalue weighted by Crippen LogP contribution is -2.64. The zero-order valence-electron chi connectivity index (χ0n) is 33.3. The molecule has 1 aliphatic rings. The number of alkyl carbamates (subject to hydrolysis) is 1. The average molecular weight is 812 g/mol. The molecule has 1 aromatic rings. The Kier molecular flexibility index (Phi) is 17.9. The standard InChI is InChI=1S/C36H53N5O16/c1-17(2)25(41-35(50)57-36(6,7)8)31(47)40-23(11-10-14-38-34(37)49)30(46)39-22-13-12-21(16-42)15-24(22)55-33-29(54-20(5)45)27(53-19(4)44)26(52-18(3)43)28(56-33)32(48)51-9/h12-13,15,17,23,25-29,33,42H,10-11,14,16H2,1-9H3,(H,39,46)(H,40,47)(H,41,50)(H3,37,38,49)/t23-,25-,26-,27-,28-,29+,33+/m0/s1. The van der Waals surface area contributed by atoms with E-state index in [9.17, 15) is 43.5 Å². The summed E-state index contributed by atoms with van der Waals surface area (Å²) >= 11 is 0. The van der Waals surface area contributed by atoms with Gasteiger partial charge in [-0.15, -0.1) is 0 Å². The van der Waals surface area contributed by atoms with Gasteiger partial charge in [-0.05, 0) is 57.2 Å². The van der Waals surface area contributed by atoms with Gasteiger partial charge < -0.3 is 65.3 Å². The van der Waals surface area contributed by atoms with Crippen LogP contribution in [-0.4, -0.2) is 115 Å². The minimum atomic E-state index is -1.82. The van der Waals surface area contributed by atoms with Crippen molar-refractivity contribution >= 4 is 53.5 Å². The van der Waals surface area contributed by atoms with Gasteiger partial charge in [-0.2, -0.15) is 0 Å². The topological polar surface area (TPSA) is 296 Å². The molecule has 21 heteroatoms. The van der Waals surface area contributed by atoms with Crippen molar-refractivity contribution in [2.24, 2.45) is 11.7 Å². The first-order chi connectivity index (χ1) is 26.6. The largest absolute Gasteiger partial charge is 0.467 e. The first kappa shape index (κ1) is 47.5. The van der Waals surface area contributed by atoms with Crippen molar-refractivity contribution in [2.45, 2.75) is 123 Å². The minimum absolute atomic E-state index is 0.0358. The summed E-state index contributed by atoms with van der Waals surface area (Å²) in [4.78, 5) is 101. The van der Waals surface area contributed by atoms with Gasteiger partial charge in [-0.3, -0.25) is 24.0 Å². The summed E-state index contributed by atoms with van der Waals surface area (Å²) in [5.74, 6) is -6.09. The van der Waals surface area contributed by atoms with E-state index < -0.39 is 109 Å². The van der Waals surface area contributed by atoms with Crippen LogP contribution in [0.25, 0.3) is 0 Å². The molecule has 1 aliphatic heterocycles. The fraction of sp³-hybridized carbons (Fsp3) is 0.611. The van der Waals surface area contributed by atoms with Crippen molar-refractivity contribution in [1.29, 1.82) is 0 Å². The Hall–Kier alpha value is -5.70. The molecular formula is C36H53N5O16. The quantitative estimate of drug-likeness (QED) is 0.0716. The molecule has 2 rings (SSSR count). The molecule has 1 heterocycles. The van der Waals surface area contributed by atoms with E-state index in [1.54, 1.807) is 34.6 Å². The molecule has 0 saturated carbocycles. The number of hydrogen-bond donors (Lipinski definition) is 6. The van der Waals surface area contributed by atoms with Gasteiger partial charge in [0.1, 0.15) is 23.4 Å². The van der Waals surface area contributed by atoms with Gasteiger partial charge in [-0.1, -0.05) is 19.9 Å². The van der Waals surface area contributed by atoms with E-state index in [2.05, 4.69) is 21.3 Å². The second kappa shape index (κ2) is 21.6. The van der Waals surface area contributed by atoms with Gasteiger partial charge in [0, 0.05) is 27.3 Å². The van der Waals surface area contributed by atoms with Gasteiger partial charge in [0.15, 0.2) is 18.3 Å². The van der Waals surface area contributed by atoms with Crippen molar-refractivity contribution in [3.05, 3.63) is 23.8 Å². The predicted molar refractivity (Wildman–Crippen MR) is 196 cm³/mol. The van der Waals surface area contributed by atoms with Crippen LogP contribution in [0.15, 0.2) is 18.2 Å². The summed E-state index contributed by atoms with van der Waals surface area (Å²) in [5, 5.41) is 20.1. The second-order valence-electron chi connectivity index (χ2n) is 14.1. The van der Waals surface area contributed by atoms with Gasteiger partial charge >= 0.3 is 36.0 Å². The van der Waals surface area contributed by atoms with E-state index >= 15 is 0 Å². The first-order valence-corrected chi connectivity index (χ1v) is 17.9. The molecular weight excluding hydrogens is 758 g/mol. The number of anilines is 1. The Morgan fingerprint density at radius 2 is 1.47 bits per heavy atom. The normalized spacial score (nSPS) is 20.1. The number of ether oxygens (including phenoxy) is 7. The highest BCUT2D eigenvalue weighted by atomic mass is 16.7. The van der Waals surface area contributed by atoms with Crippen LogP contribution in [0.2, 0.25) is 0 Å². The summed E-state index contributed by atoms with van der Waals surface area (Å²) in [6.07, 6.45) is -9.45. The number of aliphatic hydroxyl groups is 1. The smallest absolute Gasteiger partial charge is 0.408 e. The van der Waals surface area contributed by atoms with Gasteiger partial charge in [0.25, 0.3) is 0 Å². The molecule has 318 valence electrons. The number of carbonyl (C=O) groups is 8. The van der Waals surface area contributed by atoms with Gasteiger partial charge in [0.05, 0.1) is 19.4 Å². The Bertz CT molecular complexity index is 1630. The summed E-state index contributed by atoms with van der Waals surface area (Å²) in [6, 6.07) is 0.772. The van der Waals surface area contributed by atoms with E-state index in [4.69, 9.17) is 38.9 Å². The molecule has 0 radical (unpaired) electrons. The van der Waals surface area contributed by atoms with E-state index in [-0.39, 0.29) is 36.4 Å². The molecule has 57 heavy (non-hydrogen) atoms. The Balaban J connectivity index is 2.57. The van der Waals surface area contributed by atoms with Crippen LogP contribution in [0, 0.1) is 5.92 Å². The van der Waals surface area contributed by atoms with Gasteiger partial charge in [0.2, 0.25) is 24.2 Å². The van der Waals surface area contributed by atoms with Crippen molar-refractivity contribution in [3.63, 3.8) is 0 Å². The summed E-state index contributed by atoms with van der Waals surface area (Å²) in [6.45, 7) is 10.8. The number of rotatable bonds is 17. The number of nitrogens with two attached hydrogens (primary N) is 1. The SMILES string of the molecule is COC(=O)[C@H]1O[C@@H](Oc2cc(CO)ccc2NC(=O)[C@H](CCCNC(N)=O)NC(=O)[C@@H](NC(=O)OC(C)(C)C)C(C)C)[C@H](OC(C)=O)[C@@H](OC(C)=O)[C@@H]1OC(C)=O. The lowest BCUT2D eigenvalue weighted by molar-refractivity contribution is -0.282. The molecule has 1 fully saturated rings. The molecule has 0 aromatic heterocycles. The number of nitrogens with one attached hydrogen (secondary N) is 4. The van der Waals surface area contributed by atoms with Crippen LogP contribution >= 0.6 is 0 Å². The molecule has 0 aliphatic carbocycles. The molecule has 5 amide bonds. The number of methoxy groups -OCH3 is 1. The summed E-state index contributed by atoms with van der Waals surface area (Å²) in [7, 11) is 1.01. The summed E-state index contributed by atoms with van der Waals surface area (Å²) in [5.41, 5.74) is 4.46.